The van der Waals surface area contributed by atoms with Crippen molar-refractivity contribution in [1.29, 1.82) is 0 Å². The molecule has 0 radical (unpaired) electrons. The second-order valence-corrected chi connectivity index (χ2v) is 8.29. The summed E-state index contributed by atoms with van der Waals surface area (Å²) in [7, 11) is 0. The Bertz CT molecular complexity index is 856. The van der Waals surface area contributed by atoms with Crippen molar-refractivity contribution in [2.75, 3.05) is 24.6 Å². The van der Waals surface area contributed by atoms with Crippen molar-refractivity contribution in [3.05, 3.63) is 18.0 Å². The van der Waals surface area contributed by atoms with E-state index in [1.807, 2.05) is 0 Å². The van der Waals surface area contributed by atoms with Crippen LogP contribution >= 0.6 is 0 Å². The van der Waals surface area contributed by atoms with E-state index in [0.29, 0.717) is 16.7 Å². The Morgan fingerprint density at radius 1 is 1.42 bits per heavy atom. The Morgan fingerprint density at radius 2 is 2.15 bits per heavy atom. The zero-order valence-electron chi connectivity index (χ0n) is 15.6. The van der Waals surface area contributed by atoms with Gasteiger partial charge in [0.15, 0.2) is 5.65 Å². The molecule has 0 aliphatic carbocycles. The molecule has 1 saturated heterocycles. The number of ether oxygens (including phenoxy) is 1. The molecule has 8 heteroatoms. The molecule has 0 atom stereocenters. The first-order valence-corrected chi connectivity index (χ1v) is 8.65. The highest BCUT2D eigenvalue weighted by atomic mass is 16.5. The van der Waals surface area contributed by atoms with E-state index in [4.69, 9.17) is 10.5 Å². The summed E-state index contributed by atoms with van der Waals surface area (Å²) in [6.45, 7) is 9.41. The predicted molar refractivity (Wildman–Crippen MR) is 97.8 cm³/mol. The molecule has 1 amide bonds. The molecule has 3 N–H and O–H groups in total. The molecule has 0 unspecified atom stereocenters. The number of anilines is 1. The number of fused-ring (bicyclic) bond motifs is 1. The van der Waals surface area contributed by atoms with Crippen molar-refractivity contribution in [2.24, 2.45) is 16.6 Å². The number of carbonyl (C=O) groups excluding carboxylic acids is 2. The number of rotatable bonds is 5. The number of nitrogens with one attached hydrogen (secondary N) is 1. The van der Waals surface area contributed by atoms with Gasteiger partial charge in [0.2, 0.25) is 5.91 Å². The largest absolute Gasteiger partial charge is 0.461 e. The van der Waals surface area contributed by atoms with Crippen molar-refractivity contribution in [2.45, 2.75) is 34.1 Å². The summed E-state index contributed by atoms with van der Waals surface area (Å²) in [5, 5.41) is 0. The highest BCUT2D eigenvalue weighted by molar-refractivity contribution is 6.01. The van der Waals surface area contributed by atoms with E-state index in [-0.39, 0.29) is 12.0 Å². The molecular formula is C18H25N5O3. The van der Waals surface area contributed by atoms with Gasteiger partial charge in [0.1, 0.15) is 23.5 Å². The number of H-pyrrole nitrogens is 1. The normalized spacial score (nSPS) is 16.8. The number of nitrogens with zero attached hydrogens (tertiary/aromatic N) is 3. The van der Waals surface area contributed by atoms with Crippen molar-refractivity contribution < 1.29 is 14.3 Å². The lowest BCUT2D eigenvalue weighted by molar-refractivity contribution is -0.127. The molecule has 0 saturated carbocycles. The molecule has 0 aromatic carbocycles. The van der Waals surface area contributed by atoms with E-state index in [1.165, 1.54) is 6.20 Å². The topological polar surface area (TPSA) is 114 Å². The van der Waals surface area contributed by atoms with Crippen LogP contribution in [-0.2, 0) is 9.53 Å². The fourth-order valence-electron chi connectivity index (χ4n) is 2.89. The fourth-order valence-corrected chi connectivity index (χ4v) is 2.89. The first kappa shape index (κ1) is 18.2. The minimum absolute atomic E-state index is 0.0960. The van der Waals surface area contributed by atoms with Crippen LogP contribution in [-0.4, -0.2) is 46.5 Å². The van der Waals surface area contributed by atoms with Crippen LogP contribution in [0.25, 0.3) is 11.2 Å². The quantitative estimate of drug-likeness (QED) is 0.788. The summed E-state index contributed by atoms with van der Waals surface area (Å²) in [6, 6.07) is 0. The zero-order valence-corrected chi connectivity index (χ0v) is 15.6. The third-order valence-electron chi connectivity index (χ3n) is 4.82. The molecule has 1 aliphatic heterocycles. The number of esters is 1. The minimum Gasteiger partial charge on any atom is -0.461 e. The lowest BCUT2D eigenvalue weighted by atomic mass is 9.93. The van der Waals surface area contributed by atoms with Crippen LogP contribution < -0.4 is 10.6 Å². The van der Waals surface area contributed by atoms with Crippen LogP contribution in [0.5, 0.6) is 0 Å². The first-order valence-electron chi connectivity index (χ1n) is 8.65. The van der Waals surface area contributed by atoms with Gasteiger partial charge in [-0.3, -0.25) is 4.79 Å². The van der Waals surface area contributed by atoms with E-state index in [1.54, 1.807) is 20.0 Å². The number of hydrogen-bond acceptors (Lipinski definition) is 6. The Labute approximate surface area is 152 Å². The second-order valence-electron chi connectivity index (χ2n) is 8.29. The van der Waals surface area contributed by atoms with Gasteiger partial charge >= 0.3 is 5.97 Å². The lowest BCUT2D eigenvalue weighted by Gasteiger charge is -2.20. The van der Waals surface area contributed by atoms with Crippen molar-refractivity contribution in [3.8, 4) is 0 Å². The maximum atomic E-state index is 12.4. The highest BCUT2D eigenvalue weighted by Crippen LogP contribution is 2.32. The van der Waals surface area contributed by atoms with Gasteiger partial charge in [0, 0.05) is 19.3 Å². The number of amides is 1. The number of aromatic nitrogens is 3. The number of primary amides is 1. The fraction of sp³-hybridized carbons (Fsp3) is 0.556. The van der Waals surface area contributed by atoms with Crippen molar-refractivity contribution in [1.82, 2.24) is 15.0 Å². The van der Waals surface area contributed by atoms with E-state index >= 15 is 0 Å². The summed E-state index contributed by atoms with van der Waals surface area (Å²) >= 11 is 0. The van der Waals surface area contributed by atoms with E-state index in [2.05, 4.69) is 33.7 Å². The van der Waals surface area contributed by atoms with Gasteiger partial charge in [0.25, 0.3) is 0 Å². The second kappa shape index (κ2) is 6.26. The molecule has 0 spiro atoms. The first-order chi connectivity index (χ1) is 12.1. The minimum atomic E-state index is -0.931. The van der Waals surface area contributed by atoms with Crippen LogP contribution in [0.15, 0.2) is 12.4 Å². The molecule has 1 fully saturated rings. The van der Waals surface area contributed by atoms with Gasteiger partial charge in [-0.05, 0) is 25.7 Å². The summed E-state index contributed by atoms with van der Waals surface area (Å²) < 4.78 is 5.28. The maximum Gasteiger partial charge on any atom is 0.342 e. The molecule has 26 heavy (non-hydrogen) atoms. The number of aromatic amines is 1. The Morgan fingerprint density at radius 3 is 2.77 bits per heavy atom. The summed E-state index contributed by atoms with van der Waals surface area (Å²) in [5.41, 5.74) is 5.90. The van der Waals surface area contributed by atoms with Crippen LogP contribution in [0.1, 0.15) is 44.5 Å². The predicted octanol–water partition coefficient (Wildman–Crippen LogP) is 1.86. The SMILES string of the molecule is CC1(C)CCN(c2cnc3[nH]cc(C(=O)OCC(C)(C)C(N)=O)c3n2)C1. The molecule has 1 aliphatic rings. The van der Waals surface area contributed by atoms with Crippen LogP contribution in [0.4, 0.5) is 5.82 Å². The van der Waals surface area contributed by atoms with Crippen LogP contribution in [0.2, 0.25) is 0 Å². The van der Waals surface area contributed by atoms with Crippen LogP contribution in [0.3, 0.4) is 0 Å². The molecule has 3 rings (SSSR count). The van der Waals surface area contributed by atoms with Gasteiger partial charge in [0.05, 0.1) is 11.6 Å². The number of nitrogens with two attached hydrogens (primary N) is 1. The van der Waals surface area contributed by atoms with Gasteiger partial charge in [-0.1, -0.05) is 13.8 Å². The van der Waals surface area contributed by atoms with Crippen molar-refractivity contribution >= 4 is 28.9 Å². The monoisotopic (exact) mass is 359 g/mol. The molecule has 3 heterocycles. The molecule has 2 aromatic heterocycles. The Balaban J connectivity index is 1.82. The van der Waals surface area contributed by atoms with Gasteiger partial charge in [-0.25, -0.2) is 14.8 Å². The highest BCUT2D eigenvalue weighted by Gasteiger charge is 2.31. The number of carbonyl (C=O) groups is 2. The van der Waals surface area contributed by atoms with E-state index in [9.17, 15) is 9.59 Å². The maximum absolute atomic E-state index is 12.4. The summed E-state index contributed by atoms with van der Waals surface area (Å²) in [5.74, 6) is -0.337. The molecule has 0 bridgehead atoms. The summed E-state index contributed by atoms with van der Waals surface area (Å²) in [6.07, 6.45) is 4.32. The van der Waals surface area contributed by atoms with Gasteiger partial charge in [-0.15, -0.1) is 0 Å². The summed E-state index contributed by atoms with van der Waals surface area (Å²) in [4.78, 5) is 37.9. The van der Waals surface area contributed by atoms with E-state index < -0.39 is 17.3 Å². The number of hydrogen-bond donors (Lipinski definition) is 2. The van der Waals surface area contributed by atoms with E-state index in [0.717, 1.165) is 25.3 Å². The molecule has 2 aromatic rings. The third-order valence-corrected chi connectivity index (χ3v) is 4.82. The molecule has 140 valence electrons. The molecule has 8 nitrogen and oxygen atoms in total. The smallest absolute Gasteiger partial charge is 0.342 e. The lowest BCUT2D eigenvalue weighted by Crippen LogP contribution is -2.36. The Kier molecular flexibility index (Phi) is 4.37. The van der Waals surface area contributed by atoms with Crippen molar-refractivity contribution in [3.63, 3.8) is 0 Å². The average molecular weight is 359 g/mol. The standard InChI is InChI=1S/C18H25N5O3/c1-17(2)5-6-23(9-17)12-8-21-14-13(22-12)11(7-20-14)15(24)26-10-18(3,4)16(19)25/h7-8H,5-6,9-10H2,1-4H3,(H2,19,25)(H,20,21). The Hall–Kier alpha value is -2.64. The average Bonchev–Trinajstić information content (AvgIpc) is 3.15. The third kappa shape index (κ3) is 3.49. The zero-order chi connectivity index (χ0) is 19.1. The van der Waals surface area contributed by atoms with Gasteiger partial charge in [-0.2, -0.15) is 0 Å². The van der Waals surface area contributed by atoms with Crippen LogP contribution in [0, 0.1) is 10.8 Å². The molecular weight excluding hydrogens is 334 g/mol. The van der Waals surface area contributed by atoms with Gasteiger partial charge < -0.3 is 20.4 Å².